The summed E-state index contributed by atoms with van der Waals surface area (Å²) in [5.41, 5.74) is 1.08. The van der Waals surface area contributed by atoms with E-state index < -0.39 is 0 Å². The van der Waals surface area contributed by atoms with Crippen molar-refractivity contribution >= 4 is 22.8 Å². The smallest absolute Gasteiger partial charge is 0.244 e. The lowest BCUT2D eigenvalue weighted by molar-refractivity contribution is -0.117. The number of hydrogen-bond acceptors (Lipinski definition) is 1. The Labute approximate surface area is 119 Å². The van der Waals surface area contributed by atoms with Crippen LogP contribution in [0.5, 0.6) is 0 Å². The highest BCUT2D eigenvalue weighted by Crippen LogP contribution is 2.32. The molecule has 2 nitrogen and oxygen atoms in total. The number of carbonyl (C=O) groups is 1. The second kappa shape index (κ2) is 5.49. The Bertz CT molecular complexity index is 650. The van der Waals surface area contributed by atoms with E-state index in [2.05, 4.69) is 30.4 Å². The Balaban J connectivity index is 1.75. The lowest BCUT2D eigenvalue weighted by Crippen LogP contribution is -2.32. The van der Waals surface area contributed by atoms with Gasteiger partial charge in [-0.1, -0.05) is 42.5 Å². The summed E-state index contributed by atoms with van der Waals surface area (Å²) >= 11 is 0. The van der Waals surface area contributed by atoms with E-state index in [0.717, 1.165) is 5.56 Å². The van der Waals surface area contributed by atoms with Crippen molar-refractivity contribution in [2.24, 2.45) is 5.92 Å². The van der Waals surface area contributed by atoms with Gasteiger partial charge in [-0.2, -0.15) is 0 Å². The molecular formula is C18H19NO. The van der Waals surface area contributed by atoms with Crippen molar-refractivity contribution in [3.8, 4) is 0 Å². The summed E-state index contributed by atoms with van der Waals surface area (Å²) in [5.74, 6) is 0.683. The lowest BCUT2D eigenvalue weighted by atomic mass is 10.0. The van der Waals surface area contributed by atoms with Gasteiger partial charge in [0.15, 0.2) is 0 Å². The second-order valence-electron chi connectivity index (χ2n) is 5.54. The van der Waals surface area contributed by atoms with Crippen LogP contribution in [0.4, 0.5) is 0 Å². The van der Waals surface area contributed by atoms with E-state index in [0.29, 0.717) is 12.0 Å². The zero-order chi connectivity index (χ0) is 13.9. The Hall–Kier alpha value is -2.09. The van der Waals surface area contributed by atoms with E-state index >= 15 is 0 Å². The third-order valence-corrected chi connectivity index (χ3v) is 3.94. The maximum absolute atomic E-state index is 11.9. The van der Waals surface area contributed by atoms with E-state index in [-0.39, 0.29) is 5.91 Å². The van der Waals surface area contributed by atoms with Crippen molar-refractivity contribution < 1.29 is 4.79 Å². The fourth-order valence-electron chi connectivity index (χ4n) is 2.55. The van der Waals surface area contributed by atoms with Crippen LogP contribution >= 0.6 is 0 Å². The molecule has 102 valence electrons. The molecule has 0 aromatic heterocycles. The van der Waals surface area contributed by atoms with E-state index in [1.165, 1.54) is 23.6 Å². The zero-order valence-corrected chi connectivity index (χ0v) is 11.7. The first-order valence-electron chi connectivity index (χ1n) is 7.20. The van der Waals surface area contributed by atoms with Gasteiger partial charge >= 0.3 is 0 Å². The van der Waals surface area contributed by atoms with Crippen LogP contribution < -0.4 is 5.32 Å². The SMILES string of the molecule is CC(NC(=O)/C=C/c1cccc2ccccc12)C1CC1. The quantitative estimate of drug-likeness (QED) is 0.838. The highest BCUT2D eigenvalue weighted by Gasteiger charge is 2.28. The maximum Gasteiger partial charge on any atom is 0.244 e. The van der Waals surface area contributed by atoms with Crippen LogP contribution in [0.15, 0.2) is 48.5 Å². The molecule has 1 aliphatic carbocycles. The minimum absolute atomic E-state index is 0.00247. The molecule has 1 atom stereocenters. The van der Waals surface area contributed by atoms with Crippen molar-refractivity contribution in [2.45, 2.75) is 25.8 Å². The van der Waals surface area contributed by atoms with E-state index in [4.69, 9.17) is 0 Å². The standard InChI is InChI=1S/C18H19NO/c1-13(14-9-10-14)19-18(20)12-11-16-7-4-6-15-5-2-3-8-17(15)16/h2-8,11-14H,9-10H2,1H3,(H,19,20)/b12-11+. The predicted molar refractivity (Wildman–Crippen MR) is 83.3 cm³/mol. The highest BCUT2D eigenvalue weighted by molar-refractivity contribution is 5.96. The minimum Gasteiger partial charge on any atom is -0.350 e. The van der Waals surface area contributed by atoms with Crippen LogP contribution in [-0.4, -0.2) is 11.9 Å². The number of rotatable bonds is 4. The minimum atomic E-state index is -0.00247. The van der Waals surface area contributed by atoms with Crippen LogP contribution in [0.1, 0.15) is 25.3 Å². The fraction of sp³-hybridized carbons (Fsp3) is 0.278. The fourth-order valence-corrected chi connectivity index (χ4v) is 2.55. The molecule has 0 spiro atoms. The van der Waals surface area contributed by atoms with E-state index in [1.54, 1.807) is 6.08 Å². The molecule has 2 heteroatoms. The summed E-state index contributed by atoms with van der Waals surface area (Å²) < 4.78 is 0. The summed E-state index contributed by atoms with van der Waals surface area (Å²) in [6.07, 6.45) is 6.03. The van der Waals surface area contributed by atoms with Gasteiger partial charge in [0, 0.05) is 12.1 Å². The first kappa shape index (κ1) is 12.9. The monoisotopic (exact) mass is 265 g/mol. The Morgan fingerprint density at radius 3 is 2.75 bits per heavy atom. The van der Waals surface area contributed by atoms with Crippen LogP contribution in [0, 0.1) is 5.92 Å². The number of carbonyl (C=O) groups excluding carboxylic acids is 1. The molecule has 3 rings (SSSR count). The molecule has 1 unspecified atom stereocenters. The van der Waals surface area contributed by atoms with Gasteiger partial charge in [0.2, 0.25) is 5.91 Å². The van der Waals surface area contributed by atoms with E-state index in [9.17, 15) is 4.79 Å². The second-order valence-corrected chi connectivity index (χ2v) is 5.54. The van der Waals surface area contributed by atoms with Gasteiger partial charge in [-0.25, -0.2) is 0 Å². The van der Waals surface area contributed by atoms with Crippen LogP contribution in [0.3, 0.4) is 0 Å². The van der Waals surface area contributed by atoms with Crippen molar-refractivity contribution in [3.63, 3.8) is 0 Å². The molecule has 2 aromatic rings. The predicted octanol–water partition coefficient (Wildman–Crippen LogP) is 3.77. The van der Waals surface area contributed by atoms with Crippen LogP contribution in [0.25, 0.3) is 16.8 Å². The molecule has 20 heavy (non-hydrogen) atoms. The molecule has 1 fully saturated rings. The number of fused-ring (bicyclic) bond motifs is 1. The average Bonchev–Trinajstić information content (AvgIpc) is 3.29. The molecule has 0 radical (unpaired) electrons. The molecule has 1 N–H and O–H groups in total. The Kier molecular flexibility index (Phi) is 3.55. The van der Waals surface area contributed by atoms with Crippen molar-refractivity contribution in [2.75, 3.05) is 0 Å². The summed E-state index contributed by atoms with van der Waals surface area (Å²) in [5, 5.41) is 5.41. The number of hydrogen-bond donors (Lipinski definition) is 1. The first-order chi connectivity index (χ1) is 9.74. The Morgan fingerprint density at radius 2 is 1.95 bits per heavy atom. The topological polar surface area (TPSA) is 29.1 Å². The molecule has 0 heterocycles. The number of amides is 1. The van der Waals surface area contributed by atoms with Gasteiger partial charge in [0.25, 0.3) is 0 Å². The van der Waals surface area contributed by atoms with Gasteiger partial charge in [-0.3, -0.25) is 4.79 Å². The molecule has 0 saturated heterocycles. The average molecular weight is 265 g/mol. The summed E-state index contributed by atoms with van der Waals surface area (Å²) in [4.78, 5) is 11.9. The molecule has 1 aliphatic rings. The molecule has 1 amide bonds. The lowest BCUT2D eigenvalue weighted by Gasteiger charge is -2.10. The van der Waals surface area contributed by atoms with E-state index in [1.807, 2.05) is 30.3 Å². The van der Waals surface area contributed by atoms with Gasteiger partial charge in [-0.15, -0.1) is 0 Å². The third kappa shape index (κ3) is 2.90. The zero-order valence-electron chi connectivity index (χ0n) is 11.7. The number of nitrogens with one attached hydrogen (secondary N) is 1. The molecule has 0 aliphatic heterocycles. The largest absolute Gasteiger partial charge is 0.350 e. The maximum atomic E-state index is 11.9. The first-order valence-corrected chi connectivity index (χ1v) is 7.20. The van der Waals surface area contributed by atoms with Crippen LogP contribution in [0.2, 0.25) is 0 Å². The molecule has 0 bridgehead atoms. The molecular weight excluding hydrogens is 246 g/mol. The van der Waals surface area contributed by atoms with Gasteiger partial charge in [0.1, 0.15) is 0 Å². The van der Waals surface area contributed by atoms with Gasteiger partial charge in [-0.05, 0) is 48.1 Å². The van der Waals surface area contributed by atoms with Gasteiger partial charge in [0.05, 0.1) is 0 Å². The highest BCUT2D eigenvalue weighted by atomic mass is 16.1. The molecule has 2 aromatic carbocycles. The normalized spacial score (nSPS) is 16.4. The van der Waals surface area contributed by atoms with Gasteiger partial charge < -0.3 is 5.32 Å². The summed E-state index contributed by atoms with van der Waals surface area (Å²) in [6, 6.07) is 14.7. The van der Waals surface area contributed by atoms with Crippen LogP contribution in [-0.2, 0) is 4.79 Å². The molecule has 1 saturated carbocycles. The summed E-state index contributed by atoms with van der Waals surface area (Å²) in [7, 11) is 0. The van der Waals surface area contributed by atoms with Crippen molar-refractivity contribution in [1.29, 1.82) is 0 Å². The summed E-state index contributed by atoms with van der Waals surface area (Å²) in [6.45, 7) is 2.08. The van der Waals surface area contributed by atoms with Crippen molar-refractivity contribution in [1.82, 2.24) is 5.32 Å². The van der Waals surface area contributed by atoms with Crippen molar-refractivity contribution in [3.05, 3.63) is 54.1 Å². The third-order valence-electron chi connectivity index (χ3n) is 3.94. The number of benzene rings is 2. The Morgan fingerprint density at radius 1 is 1.20 bits per heavy atom.